The van der Waals surface area contributed by atoms with Crippen molar-refractivity contribution in [2.75, 3.05) is 5.32 Å². The van der Waals surface area contributed by atoms with Gasteiger partial charge in [-0.1, -0.05) is 12.1 Å². The number of carbonyl (C=O) groups is 2. The van der Waals surface area contributed by atoms with E-state index in [1.54, 1.807) is 0 Å². The van der Waals surface area contributed by atoms with E-state index >= 15 is 0 Å². The molecule has 0 saturated heterocycles. The van der Waals surface area contributed by atoms with Gasteiger partial charge in [-0.05, 0) is 43.5 Å². The van der Waals surface area contributed by atoms with Crippen LogP contribution in [0.5, 0.6) is 0 Å². The zero-order valence-electron chi connectivity index (χ0n) is 16.5. The lowest BCUT2D eigenvalue weighted by molar-refractivity contribution is -0.141. The molecule has 10 heteroatoms. The molecule has 3 N–H and O–H groups in total. The van der Waals surface area contributed by atoms with Crippen molar-refractivity contribution in [3.8, 4) is 0 Å². The minimum Gasteiger partial charge on any atom is -0.345 e. The van der Waals surface area contributed by atoms with Gasteiger partial charge in [-0.2, -0.15) is 13.2 Å². The number of aromatic amines is 1. The Morgan fingerprint density at radius 2 is 2.00 bits per heavy atom. The Morgan fingerprint density at radius 3 is 2.68 bits per heavy atom. The standard InChI is InChI=1S/C21H20F3N5O2/c1-11(20(31)27-13-6-7-17(25-10-13)21(22,23)24)26-18(30)9-12-8-14(12)19-28-15-4-2-3-5-16(15)29-19/h2-7,10-12,14H,8-9H2,1H3,(H,26,30)(H,27,31)(H,28,29)/t11?,12-,14+/m0/s1. The lowest BCUT2D eigenvalue weighted by Crippen LogP contribution is -2.41. The Labute approximate surface area is 175 Å². The van der Waals surface area contributed by atoms with Crippen LogP contribution in [0, 0.1) is 5.92 Å². The number of imidazole rings is 1. The van der Waals surface area contributed by atoms with Crippen LogP contribution in [0.25, 0.3) is 11.0 Å². The molecule has 7 nitrogen and oxygen atoms in total. The molecule has 1 saturated carbocycles. The van der Waals surface area contributed by atoms with Crippen molar-refractivity contribution in [1.82, 2.24) is 20.3 Å². The lowest BCUT2D eigenvalue weighted by Gasteiger charge is -2.14. The number of alkyl halides is 3. The number of H-pyrrole nitrogens is 1. The van der Waals surface area contributed by atoms with Crippen LogP contribution in [0.15, 0.2) is 42.6 Å². The molecule has 2 aromatic heterocycles. The fourth-order valence-electron chi connectivity index (χ4n) is 3.45. The number of aromatic nitrogens is 3. The summed E-state index contributed by atoms with van der Waals surface area (Å²) in [6, 6.07) is 8.76. The molecule has 1 unspecified atom stereocenters. The van der Waals surface area contributed by atoms with E-state index in [9.17, 15) is 22.8 Å². The van der Waals surface area contributed by atoms with Crippen molar-refractivity contribution in [3.63, 3.8) is 0 Å². The summed E-state index contributed by atoms with van der Waals surface area (Å²) in [7, 11) is 0. The summed E-state index contributed by atoms with van der Waals surface area (Å²) in [6.45, 7) is 1.51. The van der Waals surface area contributed by atoms with Gasteiger partial charge in [0.25, 0.3) is 0 Å². The molecule has 162 valence electrons. The second-order valence-electron chi connectivity index (χ2n) is 7.65. The third kappa shape index (κ3) is 4.84. The first kappa shape index (κ1) is 20.8. The second-order valence-corrected chi connectivity index (χ2v) is 7.65. The molecule has 2 amide bonds. The second kappa shape index (κ2) is 8.01. The van der Waals surface area contributed by atoms with Gasteiger partial charge in [-0.3, -0.25) is 9.59 Å². The SMILES string of the molecule is CC(NC(=O)C[C@@H]1C[C@H]1c1nc2ccccc2[nH]1)C(=O)Nc1ccc(C(F)(F)F)nc1. The first-order valence-electron chi connectivity index (χ1n) is 9.79. The van der Waals surface area contributed by atoms with E-state index in [0.29, 0.717) is 0 Å². The zero-order chi connectivity index (χ0) is 22.2. The van der Waals surface area contributed by atoms with Gasteiger partial charge in [-0.25, -0.2) is 9.97 Å². The van der Waals surface area contributed by atoms with Crippen molar-refractivity contribution in [3.05, 3.63) is 54.1 Å². The van der Waals surface area contributed by atoms with E-state index in [0.717, 1.165) is 41.6 Å². The van der Waals surface area contributed by atoms with Crippen LogP contribution >= 0.6 is 0 Å². The number of anilines is 1. The molecule has 3 atom stereocenters. The summed E-state index contributed by atoms with van der Waals surface area (Å²) < 4.78 is 37.6. The average Bonchev–Trinajstić information content (AvgIpc) is 3.33. The number of pyridine rings is 1. The van der Waals surface area contributed by atoms with Gasteiger partial charge in [0, 0.05) is 12.3 Å². The van der Waals surface area contributed by atoms with Crippen molar-refractivity contribution in [2.24, 2.45) is 5.92 Å². The van der Waals surface area contributed by atoms with Crippen LogP contribution in [0.2, 0.25) is 0 Å². The summed E-state index contributed by atoms with van der Waals surface area (Å²) in [6.07, 6.45) is -2.52. The number of para-hydroxylation sites is 2. The van der Waals surface area contributed by atoms with Crippen LogP contribution in [0.3, 0.4) is 0 Å². The van der Waals surface area contributed by atoms with Crippen molar-refractivity contribution in [2.45, 2.75) is 37.9 Å². The minimum absolute atomic E-state index is 0.117. The summed E-state index contributed by atoms with van der Waals surface area (Å²) in [4.78, 5) is 35.7. The molecule has 4 rings (SSSR count). The van der Waals surface area contributed by atoms with Crippen LogP contribution in [-0.2, 0) is 15.8 Å². The third-order valence-corrected chi connectivity index (χ3v) is 5.22. The maximum absolute atomic E-state index is 12.5. The molecule has 0 radical (unpaired) electrons. The Hall–Kier alpha value is -3.43. The summed E-state index contributed by atoms with van der Waals surface area (Å²) in [5.74, 6) is 0.381. The van der Waals surface area contributed by atoms with E-state index in [4.69, 9.17) is 0 Å². The molecule has 0 spiro atoms. The molecule has 1 fully saturated rings. The fraction of sp³-hybridized carbons (Fsp3) is 0.333. The summed E-state index contributed by atoms with van der Waals surface area (Å²) in [5.41, 5.74) is 0.910. The molecule has 3 aromatic rings. The number of benzene rings is 1. The number of halogens is 3. The Bertz CT molecular complexity index is 1080. The summed E-state index contributed by atoms with van der Waals surface area (Å²) in [5, 5.41) is 5.07. The van der Waals surface area contributed by atoms with Gasteiger partial charge in [0.05, 0.1) is 22.9 Å². The maximum atomic E-state index is 12.5. The molecular weight excluding hydrogens is 411 g/mol. The van der Waals surface area contributed by atoms with Crippen LogP contribution in [0.1, 0.15) is 37.2 Å². The molecule has 1 aliphatic carbocycles. The van der Waals surface area contributed by atoms with Crippen LogP contribution in [-0.4, -0.2) is 32.8 Å². The Balaban J connectivity index is 1.26. The fourth-order valence-corrected chi connectivity index (χ4v) is 3.45. The van der Waals surface area contributed by atoms with E-state index in [1.165, 1.54) is 6.92 Å². The van der Waals surface area contributed by atoms with Gasteiger partial charge in [0.1, 0.15) is 17.6 Å². The minimum atomic E-state index is -4.55. The number of rotatable bonds is 6. The predicted molar refractivity (Wildman–Crippen MR) is 107 cm³/mol. The summed E-state index contributed by atoms with van der Waals surface area (Å²) >= 11 is 0. The molecule has 31 heavy (non-hydrogen) atoms. The van der Waals surface area contributed by atoms with Gasteiger partial charge in [0.2, 0.25) is 11.8 Å². The zero-order valence-corrected chi connectivity index (χ0v) is 16.5. The van der Waals surface area contributed by atoms with E-state index in [1.807, 2.05) is 24.3 Å². The number of nitrogens with zero attached hydrogens (tertiary/aromatic N) is 2. The molecule has 1 aromatic carbocycles. The number of carbonyl (C=O) groups excluding carboxylic acids is 2. The molecule has 0 bridgehead atoms. The van der Waals surface area contributed by atoms with Crippen molar-refractivity contribution < 1.29 is 22.8 Å². The third-order valence-electron chi connectivity index (χ3n) is 5.22. The monoisotopic (exact) mass is 431 g/mol. The van der Waals surface area contributed by atoms with Crippen LogP contribution in [0.4, 0.5) is 18.9 Å². The van der Waals surface area contributed by atoms with Crippen LogP contribution < -0.4 is 10.6 Å². The van der Waals surface area contributed by atoms with Gasteiger partial charge >= 0.3 is 6.18 Å². The Morgan fingerprint density at radius 1 is 1.23 bits per heavy atom. The molecule has 1 aliphatic rings. The van der Waals surface area contributed by atoms with E-state index < -0.39 is 23.8 Å². The van der Waals surface area contributed by atoms with Gasteiger partial charge < -0.3 is 15.6 Å². The highest BCUT2D eigenvalue weighted by Crippen LogP contribution is 2.48. The van der Waals surface area contributed by atoms with Gasteiger partial charge in [-0.15, -0.1) is 0 Å². The van der Waals surface area contributed by atoms with Gasteiger partial charge in [0.15, 0.2) is 0 Å². The Kier molecular flexibility index (Phi) is 5.38. The number of fused-ring (bicyclic) bond motifs is 1. The molecule has 2 heterocycles. The lowest BCUT2D eigenvalue weighted by atomic mass is 10.2. The number of hydrogen-bond donors (Lipinski definition) is 3. The molecular formula is C21H20F3N5O2. The smallest absolute Gasteiger partial charge is 0.345 e. The maximum Gasteiger partial charge on any atom is 0.433 e. The van der Waals surface area contributed by atoms with Crippen molar-refractivity contribution in [1.29, 1.82) is 0 Å². The van der Waals surface area contributed by atoms with E-state index in [-0.39, 0.29) is 29.9 Å². The average molecular weight is 431 g/mol. The topological polar surface area (TPSA) is 99.8 Å². The quantitative estimate of drug-likeness (QED) is 0.555. The number of amides is 2. The first-order chi connectivity index (χ1) is 14.7. The normalized spacial score (nSPS) is 19.1. The van der Waals surface area contributed by atoms with E-state index in [2.05, 4.69) is 25.6 Å². The predicted octanol–water partition coefficient (Wildman–Crippen LogP) is 3.61. The highest BCUT2D eigenvalue weighted by molar-refractivity contribution is 5.96. The van der Waals surface area contributed by atoms with Crippen molar-refractivity contribution >= 4 is 28.5 Å². The number of nitrogens with one attached hydrogen (secondary N) is 3. The highest BCUT2D eigenvalue weighted by atomic mass is 19.4. The number of hydrogen-bond acceptors (Lipinski definition) is 4. The molecule has 0 aliphatic heterocycles. The largest absolute Gasteiger partial charge is 0.433 e. The highest BCUT2D eigenvalue weighted by Gasteiger charge is 2.42. The first-order valence-corrected chi connectivity index (χ1v) is 9.79.